The number of benzene rings is 2. The van der Waals surface area contributed by atoms with Gasteiger partial charge in [0.2, 0.25) is 11.7 Å². The summed E-state index contributed by atoms with van der Waals surface area (Å²) in [7, 11) is 0. The Labute approximate surface area is 173 Å². The molecule has 0 radical (unpaired) electrons. The van der Waals surface area contributed by atoms with E-state index in [0.29, 0.717) is 5.02 Å². The second kappa shape index (κ2) is 8.33. The molecule has 0 spiro atoms. The first-order chi connectivity index (χ1) is 13.3. The van der Waals surface area contributed by atoms with Gasteiger partial charge >= 0.3 is 5.97 Å². The van der Waals surface area contributed by atoms with Crippen molar-refractivity contribution in [2.24, 2.45) is 5.92 Å². The van der Waals surface area contributed by atoms with Crippen molar-refractivity contribution >= 4 is 46.5 Å². The predicted octanol–water partition coefficient (Wildman–Crippen LogP) is 4.39. The lowest BCUT2D eigenvalue weighted by atomic mass is 10.1. The van der Waals surface area contributed by atoms with Gasteiger partial charge in [0.15, 0.2) is 6.61 Å². The normalized spacial score (nSPS) is 16.4. The number of nitrogens with zero attached hydrogens (tertiary/aromatic N) is 1. The molecule has 5 nitrogen and oxygen atoms in total. The second-order valence-corrected chi connectivity index (χ2v) is 7.69. The lowest BCUT2D eigenvalue weighted by Crippen LogP contribution is -2.27. The summed E-state index contributed by atoms with van der Waals surface area (Å²) in [5.74, 6) is -1.74. The number of hydrogen-bond acceptors (Lipinski definition) is 4. The number of hydrogen-bond donors (Lipinski definition) is 0. The Balaban J connectivity index is 1.62. The van der Waals surface area contributed by atoms with Crippen molar-refractivity contribution in [2.75, 3.05) is 18.1 Å². The maximum absolute atomic E-state index is 12.4. The summed E-state index contributed by atoms with van der Waals surface area (Å²) in [6, 6.07) is 10.3. The minimum atomic E-state index is -0.610. The number of esters is 1. The van der Waals surface area contributed by atoms with E-state index in [1.807, 2.05) is 32.0 Å². The zero-order chi connectivity index (χ0) is 20.4. The topological polar surface area (TPSA) is 63.7 Å². The third kappa shape index (κ3) is 4.37. The van der Waals surface area contributed by atoms with Crippen LogP contribution in [0.2, 0.25) is 10.0 Å². The summed E-state index contributed by atoms with van der Waals surface area (Å²) in [5.41, 5.74) is 3.09. The van der Waals surface area contributed by atoms with Crippen LogP contribution < -0.4 is 4.90 Å². The first-order valence-electron chi connectivity index (χ1n) is 8.78. The van der Waals surface area contributed by atoms with E-state index in [2.05, 4.69) is 0 Å². The van der Waals surface area contributed by atoms with Crippen molar-refractivity contribution < 1.29 is 19.1 Å². The lowest BCUT2D eigenvalue weighted by molar-refractivity contribution is -0.147. The third-order valence-corrected chi connectivity index (χ3v) is 5.23. The molecule has 1 atom stereocenters. The molecule has 0 bridgehead atoms. The molecular weight excluding hydrogens is 401 g/mol. The zero-order valence-electron chi connectivity index (χ0n) is 15.5. The highest BCUT2D eigenvalue weighted by Gasteiger charge is 2.37. The highest BCUT2D eigenvalue weighted by atomic mass is 35.5. The highest BCUT2D eigenvalue weighted by molar-refractivity contribution is 6.36. The number of ketones is 1. The minimum absolute atomic E-state index is 0.0576. The van der Waals surface area contributed by atoms with E-state index in [1.165, 1.54) is 12.1 Å². The molecule has 1 saturated heterocycles. The fourth-order valence-corrected chi connectivity index (χ4v) is 3.77. The molecule has 0 saturated carbocycles. The average molecular weight is 420 g/mol. The second-order valence-electron chi connectivity index (χ2n) is 6.85. The molecular formula is C21H19Cl2NO4. The standard InChI is InChI=1S/C21H19Cl2NO4/c1-12-3-6-18(13(2)7-12)24-10-14(8-20(24)26)21(27)28-11-19(25)16-5-4-15(22)9-17(16)23/h3-7,9,14H,8,10-11H2,1-2H3/t14-/m1/s1. The number of halogens is 2. The number of amides is 1. The molecule has 1 aliphatic heterocycles. The fraction of sp³-hybridized carbons (Fsp3) is 0.286. The molecule has 2 aromatic rings. The van der Waals surface area contributed by atoms with Crippen molar-refractivity contribution in [3.8, 4) is 0 Å². The largest absolute Gasteiger partial charge is 0.457 e. The van der Waals surface area contributed by atoms with Crippen LogP contribution in [-0.2, 0) is 14.3 Å². The van der Waals surface area contributed by atoms with Crippen LogP contribution in [0.3, 0.4) is 0 Å². The van der Waals surface area contributed by atoms with Gasteiger partial charge in [-0.1, -0.05) is 40.9 Å². The van der Waals surface area contributed by atoms with Gasteiger partial charge in [0.1, 0.15) is 0 Å². The number of ether oxygens (including phenoxy) is 1. The van der Waals surface area contributed by atoms with Gasteiger partial charge in [-0.3, -0.25) is 14.4 Å². The highest BCUT2D eigenvalue weighted by Crippen LogP contribution is 2.29. The van der Waals surface area contributed by atoms with Crippen LogP contribution in [0, 0.1) is 19.8 Å². The summed E-state index contributed by atoms with van der Waals surface area (Å²) < 4.78 is 5.15. The maximum atomic E-state index is 12.4. The molecule has 28 heavy (non-hydrogen) atoms. The van der Waals surface area contributed by atoms with Crippen molar-refractivity contribution in [1.82, 2.24) is 0 Å². The van der Waals surface area contributed by atoms with Crippen LogP contribution in [0.25, 0.3) is 0 Å². The van der Waals surface area contributed by atoms with E-state index >= 15 is 0 Å². The molecule has 0 N–H and O–H groups in total. The number of carbonyl (C=O) groups is 3. The SMILES string of the molecule is Cc1ccc(N2C[C@H](C(=O)OCC(=O)c3ccc(Cl)cc3Cl)CC2=O)c(C)c1. The summed E-state index contributed by atoms with van der Waals surface area (Å²) in [6.07, 6.45) is 0.0576. The fourth-order valence-electron chi connectivity index (χ4n) is 3.25. The molecule has 2 aromatic carbocycles. The number of Topliss-reactive ketones (excluding diaryl/α,β-unsaturated/α-hetero) is 1. The average Bonchev–Trinajstić information content (AvgIpc) is 3.01. The third-order valence-electron chi connectivity index (χ3n) is 4.68. The molecule has 1 heterocycles. The molecule has 1 amide bonds. The number of carbonyl (C=O) groups excluding carboxylic acids is 3. The van der Waals surface area contributed by atoms with Crippen LogP contribution in [-0.4, -0.2) is 30.8 Å². The van der Waals surface area contributed by atoms with Crippen LogP contribution in [0.1, 0.15) is 27.9 Å². The Morgan fingerprint density at radius 2 is 1.89 bits per heavy atom. The lowest BCUT2D eigenvalue weighted by Gasteiger charge is -2.19. The first kappa shape index (κ1) is 20.4. The Hall–Kier alpha value is -2.37. The van der Waals surface area contributed by atoms with Crippen molar-refractivity contribution in [3.63, 3.8) is 0 Å². The summed E-state index contributed by atoms with van der Waals surface area (Å²) in [5, 5.41) is 0.611. The van der Waals surface area contributed by atoms with Gasteiger partial charge in [0, 0.05) is 29.2 Å². The smallest absolute Gasteiger partial charge is 0.311 e. The van der Waals surface area contributed by atoms with Gasteiger partial charge in [-0.15, -0.1) is 0 Å². The van der Waals surface area contributed by atoms with Crippen LogP contribution in [0.5, 0.6) is 0 Å². The molecule has 146 valence electrons. The first-order valence-corrected chi connectivity index (χ1v) is 9.54. The Morgan fingerprint density at radius 3 is 2.57 bits per heavy atom. The van der Waals surface area contributed by atoms with E-state index in [-0.39, 0.29) is 29.5 Å². The van der Waals surface area contributed by atoms with E-state index in [1.54, 1.807) is 11.0 Å². The minimum Gasteiger partial charge on any atom is -0.457 e. The van der Waals surface area contributed by atoms with E-state index in [9.17, 15) is 14.4 Å². The van der Waals surface area contributed by atoms with Crippen molar-refractivity contribution in [3.05, 3.63) is 63.1 Å². The number of aryl methyl sites for hydroxylation is 2. The Bertz CT molecular complexity index is 957. The van der Waals surface area contributed by atoms with E-state index in [4.69, 9.17) is 27.9 Å². The molecule has 1 aliphatic rings. The Kier molecular flexibility index (Phi) is 6.06. The molecule has 3 rings (SSSR count). The van der Waals surface area contributed by atoms with Gasteiger partial charge in [-0.25, -0.2) is 0 Å². The van der Waals surface area contributed by atoms with Crippen molar-refractivity contribution in [1.29, 1.82) is 0 Å². The quantitative estimate of drug-likeness (QED) is 0.532. The monoisotopic (exact) mass is 419 g/mol. The van der Waals surface area contributed by atoms with E-state index in [0.717, 1.165) is 16.8 Å². The molecule has 0 aromatic heterocycles. The van der Waals surface area contributed by atoms with Gasteiger partial charge < -0.3 is 9.64 Å². The maximum Gasteiger partial charge on any atom is 0.311 e. The molecule has 0 unspecified atom stereocenters. The van der Waals surface area contributed by atoms with Crippen LogP contribution in [0.4, 0.5) is 5.69 Å². The van der Waals surface area contributed by atoms with Gasteiger partial charge in [0.25, 0.3) is 0 Å². The van der Waals surface area contributed by atoms with Crippen molar-refractivity contribution in [2.45, 2.75) is 20.3 Å². The number of anilines is 1. The van der Waals surface area contributed by atoms with Gasteiger partial charge in [0.05, 0.1) is 10.9 Å². The summed E-state index contributed by atoms with van der Waals surface area (Å²) in [6.45, 7) is 3.70. The van der Waals surface area contributed by atoms with Crippen LogP contribution >= 0.6 is 23.2 Å². The Morgan fingerprint density at radius 1 is 1.14 bits per heavy atom. The number of rotatable bonds is 5. The summed E-state index contributed by atoms with van der Waals surface area (Å²) >= 11 is 11.8. The molecule has 0 aliphatic carbocycles. The zero-order valence-corrected chi connectivity index (χ0v) is 17.0. The summed E-state index contributed by atoms with van der Waals surface area (Å²) in [4.78, 5) is 38.6. The molecule has 1 fully saturated rings. The van der Waals surface area contributed by atoms with Gasteiger partial charge in [-0.05, 0) is 43.7 Å². The van der Waals surface area contributed by atoms with Crippen LogP contribution in [0.15, 0.2) is 36.4 Å². The molecule has 7 heteroatoms. The predicted molar refractivity (Wildman–Crippen MR) is 108 cm³/mol. The van der Waals surface area contributed by atoms with E-state index < -0.39 is 24.3 Å². The van der Waals surface area contributed by atoms with Gasteiger partial charge in [-0.2, -0.15) is 0 Å².